The van der Waals surface area contributed by atoms with Gasteiger partial charge in [-0.25, -0.2) is 0 Å². The Morgan fingerprint density at radius 3 is 1.22 bits per heavy atom. The summed E-state index contributed by atoms with van der Waals surface area (Å²) in [5.74, 6) is 11.9. The first-order valence-electron chi connectivity index (χ1n) is 20.4. The molecule has 0 spiro atoms. The molecule has 0 bridgehead atoms. The van der Waals surface area contributed by atoms with E-state index in [0.717, 1.165) is 74.6 Å². The van der Waals surface area contributed by atoms with Gasteiger partial charge in [0.15, 0.2) is 0 Å². The lowest BCUT2D eigenvalue weighted by Gasteiger charge is -2.16. The van der Waals surface area contributed by atoms with E-state index in [1.807, 2.05) is 84.9 Å². The van der Waals surface area contributed by atoms with Crippen molar-refractivity contribution in [3.8, 4) is 23.7 Å². The van der Waals surface area contributed by atoms with E-state index in [1.54, 1.807) is 0 Å². The number of benzene rings is 4. The van der Waals surface area contributed by atoms with Crippen LogP contribution in [-0.2, 0) is 22.4 Å². The molecule has 2 amide bonds. The molecule has 4 rings (SSSR count). The summed E-state index contributed by atoms with van der Waals surface area (Å²) in [6.07, 6.45) is 7.31. The van der Waals surface area contributed by atoms with E-state index in [-0.39, 0.29) is 11.8 Å². The predicted molar refractivity (Wildman–Crippen MR) is 235 cm³/mol. The third-order valence-corrected chi connectivity index (χ3v) is 9.24. The van der Waals surface area contributed by atoms with E-state index in [2.05, 4.69) is 103 Å². The first-order valence-corrected chi connectivity index (χ1v) is 20.4. The van der Waals surface area contributed by atoms with E-state index in [9.17, 15) is 9.59 Å². The SMILES string of the molecule is CN(CCCNC(=O)CCCC#CC#CCCCC(=O)NCCCN(C)CCc1ccc(N=Nc2ccccc2)cc1)CCc1ccc(N=Nc2ccccc2)cc1. The minimum Gasteiger partial charge on any atom is -0.356 e. The molecular weight excluding hydrogens is 721 g/mol. The molecule has 2 N–H and O–H groups in total. The molecule has 10 heteroatoms. The first-order chi connectivity index (χ1) is 28.4. The number of hydrogen-bond acceptors (Lipinski definition) is 8. The van der Waals surface area contributed by atoms with Crippen molar-refractivity contribution in [3.05, 3.63) is 120 Å². The smallest absolute Gasteiger partial charge is 0.220 e. The molecule has 0 aliphatic rings. The molecule has 0 aliphatic carbocycles. The Morgan fingerprint density at radius 1 is 0.483 bits per heavy atom. The number of hydrogen-bond donors (Lipinski definition) is 2. The summed E-state index contributed by atoms with van der Waals surface area (Å²) >= 11 is 0. The zero-order valence-corrected chi connectivity index (χ0v) is 34.2. The highest BCUT2D eigenvalue weighted by Crippen LogP contribution is 2.20. The van der Waals surface area contributed by atoms with Crippen molar-refractivity contribution in [3.63, 3.8) is 0 Å². The standard InChI is InChI=1S/C48H58N8O2/c1-55(39-33-41-25-29-45(30-26-41)53-51-43-19-11-9-12-20-43)37-17-35-49-47(57)23-15-7-5-3-4-6-8-16-24-48(58)50-36-18-38-56(2)40-34-42-27-31-46(32-28-42)54-52-44-21-13-10-14-22-44/h9-14,19-22,25-32H,7-8,15-18,23-24,33-40H2,1-2H3,(H,49,57)(H,50,58). The maximum Gasteiger partial charge on any atom is 0.220 e. The van der Waals surface area contributed by atoms with Gasteiger partial charge in [-0.05, 0) is 137 Å². The Morgan fingerprint density at radius 2 is 0.845 bits per heavy atom. The van der Waals surface area contributed by atoms with Gasteiger partial charge in [0.1, 0.15) is 0 Å². The van der Waals surface area contributed by atoms with Crippen LogP contribution in [-0.4, -0.2) is 75.0 Å². The molecule has 0 radical (unpaired) electrons. The molecule has 0 atom stereocenters. The summed E-state index contributed by atoms with van der Waals surface area (Å²) in [4.78, 5) is 29.0. The fraction of sp³-hybridized carbons (Fsp3) is 0.375. The summed E-state index contributed by atoms with van der Waals surface area (Å²) in [7, 11) is 4.22. The van der Waals surface area contributed by atoms with Gasteiger partial charge in [0.25, 0.3) is 0 Å². The summed E-state index contributed by atoms with van der Waals surface area (Å²) in [6, 6.07) is 35.8. The molecule has 0 aliphatic heterocycles. The van der Waals surface area contributed by atoms with Crippen molar-refractivity contribution >= 4 is 34.6 Å². The van der Waals surface area contributed by atoms with E-state index in [1.165, 1.54) is 11.1 Å². The Kier molecular flexibility index (Phi) is 21.3. The van der Waals surface area contributed by atoms with Crippen LogP contribution in [0.3, 0.4) is 0 Å². The van der Waals surface area contributed by atoms with Crippen LogP contribution in [0.4, 0.5) is 22.7 Å². The van der Waals surface area contributed by atoms with Gasteiger partial charge in [-0.15, -0.1) is 0 Å². The maximum atomic E-state index is 12.2. The lowest BCUT2D eigenvalue weighted by Crippen LogP contribution is -2.29. The topological polar surface area (TPSA) is 114 Å². The summed E-state index contributed by atoms with van der Waals surface area (Å²) in [5, 5.41) is 23.2. The van der Waals surface area contributed by atoms with Gasteiger partial charge in [0.2, 0.25) is 11.8 Å². The average molecular weight is 779 g/mol. The molecule has 0 saturated heterocycles. The molecule has 10 nitrogen and oxygen atoms in total. The van der Waals surface area contributed by atoms with Gasteiger partial charge < -0.3 is 20.4 Å². The van der Waals surface area contributed by atoms with E-state index in [4.69, 9.17) is 0 Å². The van der Waals surface area contributed by atoms with Crippen molar-refractivity contribution in [1.82, 2.24) is 20.4 Å². The van der Waals surface area contributed by atoms with Crippen molar-refractivity contribution < 1.29 is 9.59 Å². The fourth-order valence-electron chi connectivity index (χ4n) is 5.76. The Bertz CT molecular complexity index is 1810. The fourth-order valence-corrected chi connectivity index (χ4v) is 5.76. The van der Waals surface area contributed by atoms with E-state index < -0.39 is 0 Å². The van der Waals surface area contributed by atoms with Gasteiger partial charge >= 0.3 is 0 Å². The van der Waals surface area contributed by atoms with Crippen molar-refractivity contribution in [2.45, 2.75) is 64.2 Å². The number of likely N-dealkylation sites (N-methyl/N-ethyl adjacent to an activating group) is 2. The second-order valence-corrected chi connectivity index (χ2v) is 14.2. The highest BCUT2D eigenvalue weighted by molar-refractivity contribution is 5.76. The average Bonchev–Trinajstić information content (AvgIpc) is 3.25. The number of amides is 2. The lowest BCUT2D eigenvalue weighted by molar-refractivity contribution is -0.122. The van der Waals surface area contributed by atoms with Gasteiger partial charge in [-0.3, -0.25) is 9.59 Å². The van der Waals surface area contributed by atoms with Gasteiger partial charge in [-0.2, -0.15) is 20.5 Å². The third kappa shape index (κ3) is 20.3. The van der Waals surface area contributed by atoms with Crippen LogP contribution in [0.5, 0.6) is 0 Å². The molecule has 0 unspecified atom stereocenters. The zero-order valence-electron chi connectivity index (χ0n) is 34.2. The number of carbonyl (C=O) groups is 2. The van der Waals surface area contributed by atoms with Crippen LogP contribution in [0.2, 0.25) is 0 Å². The monoisotopic (exact) mass is 778 g/mol. The highest BCUT2D eigenvalue weighted by atomic mass is 16.2. The Hall–Kier alpha value is -5.94. The Balaban J connectivity index is 0.921. The molecule has 0 fully saturated rings. The summed E-state index contributed by atoms with van der Waals surface area (Å²) < 4.78 is 0. The normalized spacial score (nSPS) is 11.0. The van der Waals surface area contributed by atoms with Crippen LogP contribution >= 0.6 is 0 Å². The van der Waals surface area contributed by atoms with Crippen molar-refractivity contribution in [1.29, 1.82) is 0 Å². The van der Waals surface area contributed by atoms with Crippen LogP contribution < -0.4 is 10.6 Å². The minimum atomic E-state index is 0.0620. The number of carbonyl (C=O) groups excluding carboxylic acids is 2. The van der Waals surface area contributed by atoms with Crippen LogP contribution in [0.15, 0.2) is 130 Å². The highest BCUT2D eigenvalue weighted by Gasteiger charge is 2.05. The number of unbranched alkanes of at least 4 members (excludes halogenated alkanes) is 2. The van der Waals surface area contributed by atoms with Crippen LogP contribution in [0.1, 0.15) is 62.5 Å². The van der Waals surface area contributed by atoms with Gasteiger partial charge in [0.05, 0.1) is 22.7 Å². The molecular formula is C48H58N8O2. The minimum absolute atomic E-state index is 0.0620. The summed E-state index contributed by atoms with van der Waals surface area (Å²) in [5.41, 5.74) is 5.87. The van der Waals surface area contributed by atoms with Crippen molar-refractivity contribution in [2.75, 3.05) is 53.4 Å². The molecule has 4 aromatic rings. The molecule has 0 heterocycles. The maximum absolute atomic E-state index is 12.2. The molecule has 0 saturated carbocycles. The second kappa shape index (κ2) is 27.6. The lowest BCUT2D eigenvalue weighted by atomic mass is 10.1. The van der Waals surface area contributed by atoms with E-state index in [0.29, 0.717) is 51.6 Å². The zero-order chi connectivity index (χ0) is 40.9. The number of nitrogens with one attached hydrogen (secondary N) is 2. The van der Waals surface area contributed by atoms with Gasteiger partial charge in [0, 0.05) is 51.9 Å². The summed E-state index contributed by atoms with van der Waals surface area (Å²) in [6.45, 7) is 5.05. The van der Waals surface area contributed by atoms with Crippen LogP contribution in [0, 0.1) is 23.7 Å². The van der Waals surface area contributed by atoms with Crippen LogP contribution in [0.25, 0.3) is 0 Å². The number of rotatable bonds is 24. The van der Waals surface area contributed by atoms with Crippen molar-refractivity contribution in [2.24, 2.45) is 20.5 Å². The largest absolute Gasteiger partial charge is 0.356 e. The third-order valence-electron chi connectivity index (χ3n) is 9.24. The molecule has 0 aromatic heterocycles. The molecule has 58 heavy (non-hydrogen) atoms. The predicted octanol–water partition coefficient (Wildman–Crippen LogP) is 9.53. The number of azo groups is 2. The van der Waals surface area contributed by atoms with Gasteiger partial charge in [-0.1, -0.05) is 72.5 Å². The quantitative estimate of drug-likeness (QED) is 0.0419. The number of nitrogens with zero attached hydrogens (tertiary/aromatic N) is 6. The Labute approximate surface area is 345 Å². The second-order valence-electron chi connectivity index (χ2n) is 14.2. The van der Waals surface area contributed by atoms with E-state index >= 15 is 0 Å². The molecule has 4 aromatic carbocycles. The molecule has 302 valence electrons. The first kappa shape index (κ1) is 44.8.